The summed E-state index contributed by atoms with van der Waals surface area (Å²) in [6.45, 7) is 2.07. The number of anilines is 1. The molecule has 1 atom stereocenters. The predicted molar refractivity (Wildman–Crippen MR) is 74.1 cm³/mol. The van der Waals surface area contributed by atoms with Crippen LogP contribution in [-0.4, -0.2) is 26.7 Å². The summed E-state index contributed by atoms with van der Waals surface area (Å²) < 4.78 is 11.1. The molecule has 0 aliphatic rings. The quantitative estimate of drug-likeness (QED) is 0.871. The largest absolute Gasteiger partial charge is 0.493 e. The molecule has 0 heterocycles. The van der Waals surface area contributed by atoms with Crippen molar-refractivity contribution in [3.8, 4) is 11.5 Å². The normalized spacial score (nSPS) is 11.8. The molecule has 18 heavy (non-hydrogen) atoms. The summed E-state index contributed by atoms with van der Waals surface area (Å²) in [6, 6.07) is 3.44. The van der Waals surface area contributed by atoms with Gasteiger partial charge in [-0.05, 0) is 15.9 Å². The van der Waals surface area contributed by atoms with E-state index in [0.717, 1.165) is 4.47 Å². The van der Waals surface area contributed by atoms with Crippen LogP contribution in [0.25, 0.3) is 0 Å². The maximum absolute atomic E-state index is 11.8. The fourth-order valence-corrected chi connectivity index (χ4v) is 1.73. The van der Waals surface area contributed by atoms with Crippen LogP contribution in [0, 0.1) is 5.92 Å². The summed E-state index contributed by atoms with van der Waals surface area (Å²) in [5.74, 6) is 0.765. The van der Waals surface area contributed by atoms with Crippen LogP contribution < -0.4 is 20.5 Å². The molecule has 100 valence electrons. The SMILES string of the molecule is COc1cc(Br)c(NC(=O)C(C)CN)cc1OC. The van der Waals surface area contributed by atoms with Crippen LogP contribution in [-0.2, 0) is 4.79 Å². The Balaban J connectivity index is 2.99. The number of nitrogens with one attached hydrogen (secondary N) is 1. The summed E-state index contributed by atoms with van der Waals surface area (Å²) in [6.07, 6.45) is 0. The Morgan fingerprint density at radius 2 is 1.94 bits per heavy atom. The van der Waals surface area contributed by atoms with E-state index in [-0.39, 0.29) is 11.8 Å². The standard InChI is InChI=1S/C12H17BrN2O3/c1-7(6-14)12(16)15-9-5-11(18-3)10(17-2)4-8(9)13/h4-5,7H,6,14H2,1-3H3,(H,15,16). The van der Waals surface area contributed by atoms with Crippen molar-refractivity contribution in [1.82, 2.24) is 0 Å². The molecule has 1 aromatic carbocycles. The Kier molecular flexibility index (Phi) is 5.43. The number of hydrogen-bond acceptors (Lipinski definition) is 4. The number of hydrogen-bond donors (Lipinski definition) is 2. The average molecular weight is 317 g/mol. The minimum absolute atomic E-state index is 0.134. The number of carbonyl (C=O) groups is 1. The van der Waals surface area contributed by atoms with Crippen LogP contribution in [0.2, 0.25) is 0 Å². The van der Waals surface area contributed by atoms with Gasteiger partial charge < -0.3 is 20.5 Å². The van der Waals surface area contributed by atoms with Gasteiger partial charge in [0.2, 0.25) is 5.91 Å². The predicted octanol–water partition coefficient (Wildman–Crippen LogP) is 2.00. The van der Waals surface area contributed by atoms with Gasteiger partial charge in [0.1, 0.15) is 0 Å². The zero-order valence-electron chi connectivity index (χ0n) is 10.6. The third-order valence-electron chi connectivity index (χ3n) is 2.53. The molecule has 6 heteroatoms. The molecule has 1 unspecified atom stereocenters. The molecule has 1 aromatic rings. The van der Waals surface area contributed by atoms with Crippen LogP contribution in [0.5, 0.6) is 11.5 Å². The lowest BCUT2D eigenvalue weighted by atomic mass is 10.1. The van der Waals surface area contributed by atoms with Gasteiger partial charge in [-0.3, -0.25) is 4.79 Å². The van der Waals surface area contributed by atoms with E-state index in [0.29, 0.717) is 23.7 Å². The molecule has 0 radical (unpaired) electrons. The number of rotatable bonds is 5. The lowest BCUT2D eigenvalue weighted by Crippen LogP contribution is -2.26. The Labute approximate surface area is 115 Å². The Hall–Kier alpha value is -1.27. The van der Waals surface area contributed by atoms with Crippen molar-refractivity contribution in [3.05, 3.63) is 16.6 Å². The maximum Gasteiger partial charge on any atom is 0.228 e. The highest BCUT2D eigenvalue weighted by molar-refractivity contribution is 9.10. The molecule has 0 saturated carbocycles. The number of carbonyl (C=O) groups excluding carboxylic acids is 1. The van der Waals surface area contributed by atoms with E-state index in [2.05, 4.69) is 21.2 Å². The highest BCUT2D eigenvalue weighted by atomic mass is 79.9. The molecule has 0 fully saturated rings. The topological polar surface area (TPSA) is 73.6 Å². The molecule has 0 bridgehead atoms. The average Bonchev–Trinajstić information content (AvgIpc) is 2.39. The zero-order chi connectivity index (χ0) is 13.7. The van der Waals surface area contributed by atoms with E-state index in [1.807, 2.05) is 0 Å². The Morgan fingerprint density at radius 3 is 2.44 bits per heavy atom. The molecule has 1 rings (SSSR count). The fraction of sp³-hybridized carbons (Fsp3) is 0.417. The second kappa shape index (κ2) is 6.61. The smallest absolute Gasteiger partial charge is 0.228 e. The van der Waals surface area contributed by atoms with E-state index in [4.69, 9.17) is 15.2 Å². The van der Waals surface area contributed by atoms with Crippen molar-refractivity contribution in [3.63, 3.8) is 0 Å². The number of nitrogens with two attached hydrogens (primary N) is 1. The van der Waals surface area contributed by atoms with Gasteiger partial charge in [0.05, 0.1) is 19.9 Å². The summed E-state index contributed by atoms with van der Waals surface area (Å²) in [4.78, 5) is 11.8. The van der Waals surface area contributed by atoms with E-state index in [9.17, 15) is 4.79 Å². The number of ether oxygens (including phenoxy) is 2. The van der Waals surface area contributed by atoms with Gasteiger partial charge in [-0.1, -0.05) is 6.92 Å². The van der Waals surface area contributed by atoms with Crippen LogP contribution in [0.3, 0.4) is 0 Å². The second-order valence-electron chi connectivity index (χ2n) is 3.81. The summed E-state index contributed by atoms with van der Waals surface area (Å²) in [5.41, 5.74) is 6.07. The first-order valence-electron chi connectivity index (χ1n) is 5.46. The molecule has 0 aromatic heterocycles. The fourth-order valence-electron chi connectivity index (χ4n) is 1.31. The van der Waals surface area contributed by atoms with E-state index in [1.165, 1.54) is 0 Å². The number of amides is 1. The van der Waals surface area contributed by atoms with Crippen molar-refractivity contribution in [1.29, 1.82) is 0 Å². The molecule has 0 aliphatic heterocycles. The lowest BCUT2D eigenvalue weighted by molar-refractivity contribution is -0.119. The minimum Gasteiger partial charge on any atom is -0.493 e. The molecule has 0 saturated heterocycles. The molecule has 5 nitrogen and oxygen atoms in total. The first-order chi connectivity index (χ1) is 8.53. The van der Waals surface area contributed by atoms with E-state index in [1.54, 1.807) is 33.3 Å². The van der Waals surface area contributed by atoms with Gasteiger partial charge in [0.25, 0.3) is 0 Å². The highest BCUT2D eigenvalue weighted by Crippen LogP contribution is 2.36. The Morgan fingerprint density at radius 1 is 1.39 bits per heavy atom. The number of methoxy groups -OCH3 is 2. The van der Waals surface area contributed by atoms with Gasteiger partial charge in [0, 0.05) is 29.1 Å². The molecule has 0 aliphatic carbocycles. The molecule has 1 amide bonds. The third kappa shape index (κ3) is 3.36. The number of benzene rings is 1. The minimum atomic E-state index is -0.245. The van der Waals surface area contributed by atoms with Gasteiger partial charge >= 0.3 is 0 Å². The van der Waals surface area contributed by atoms with Gasteiger partial charge in [-0.2, -0.15) is 0 Å². The number of halogens is 1. The van der Waals surface area contributed by atoms with Crippen LogP contribution in [0.1, 0.15) is 6.92 Å². The van der Waals surface area contributed by atoms with Crippen LogP contribution in [0.4, 0.5) is 5.69 Å². The highest BCUT2D eigenvalue weighted by Gasteiger charge is 2.15. The zero-order valence-corrected chi connectivity index (χ0v) is 12.2. The van der Waals surface area contributed by atoms with E-state index < -0.39 is 0 Å². The summed E-state index contributed by atoms with van der Waals surface area (Å²) >= 11 is 3.37. The molecule has 0 spiro atoms. The monoisotopic (exact) mass is 316 g/mol. The molecular formula is C12H17BrN2O3. The maximum atomic E-state index is 11.8. The van der Waals surface area contributed by atoms with Gasteiger partial charge in [-0.15, -0.1) is 0 Å². The van der Waals surface area contributed by atoms with Crippen LogP contribution in [0.15, 0.2) is 16.6 Å². The Bertz CT molecular complexity index is 438. The van der Waals surface area contributed by atoms with Gasteiger partial charge in [-0.25, -0.2) is 0 Å². The molecular weight excluding hydrogens is 300 g/mol. The van der Waals surface area contributed by atoms with Crippen molar-refractivity contribution in [2.45, 2.75) is 6.92 Å². The lowest BCUT2D eigenvalue weighted by Gasteiger charge is -2.14. The van der Waals surface area contributed by atoms with Crippen molar-refractivity contribution >= 4 is 27.5 Å². The van der Waals surface area contributed by atoms with Crippen molar-refractivity contribution < 1.29 is 14.3 Å². The van der Waals surface area contributed by atoms with Crippen molar-refractivity contribution in [2.24, 2.45) is 11.7 Å². The second-order valence-corrected chi connectivity index (χ2v) is 4.67. The summed E-state index contributed by atoms with van der Waals surface area (Å²) in [7, 11) is 3.10. The third-order valence-corrected chi connectivity index (χ3v) is 3.19. The first kappa shape index (κ1) is 14.8. The molecule has 3 N–H and O–H groups in total. The van der Waals surface area contributed by atoms with Crippen molar-refractivity contribution in [2.75, 3.05) is 26.1 Å². The first-order valence-corrected chi connectivity index (χ1v) is 6.25. The van der Waals surface area contributed by atoms with E-state index >= 15 is 0 Å². The van der Waals surface area contributed by atoms with Gasteiger partial charge in [0.15, 0.2) is 11.5 Å². The van der Waals surface area contributed by atoms with Crippen LogP contribution >= 0.6 is 15.9 Å². The summed E-state index contributed by atoms with van der Waals surface area (Å²) in [5, 5.41) is 2.79.